The molecule has 122 valence electrons. The van der Waals surface area contributed by atoms with Gasteiger partial charge >= 0.3 is 0 Å². The number of nitrogens with zero attached hydrogens (tertiary/aromatic N) is 1. The Morgan fingerprint density at radius 1 is 0.800 bits per heavy atom. The van der Waals surface area contributed by atoms with Crippen molar-refractivity contribution in [3.8, 4) is 5.75 Å². The molecule has 0 atom stereocenters. The lowest BCUT2D eigenvalue weighted by Crippen LogP contribution is -1.90. The summed E-state index contributed by atoms with van der Waals surface area (Å²) < 4.78 is 5.19. The molecule has 4 rings (SSSR count). The Balaban J connectivity index is 1.72. The molecule has 0 aromatic heterocycles. The fraction of sp³-hybridized carbons (Fsp3) is 0.0870. The van der Waals surface area contributed by atoms with Crippen LogP contribution in [-0.4, -0.2) is 13.3 Å². The highest BCUT2D eigenvalue weighted by Crippen LogP contribution is 2.29. The molecule has 0 radical (unpaired) electrons. The number of hydrogen-bond donors (Lipinski definition) is 0. The third-order valence-corrected chi connectivity index (χ3v) is 4.49. The monoisotopic (exact) mass is 325 g/mol. The molecule has 0 aliphatic carbocycles. The van der Waals surface area contributed by atoms with Gasteiger partial charge in [0, 0.05) is 6.21 Å². The molecule has 0 saturated carbocycles. The average Bonchev–Trinajstić information content (AvgIpc) is 2.68. The lowest BCUT2D eigenvalue weighted by Gasteiger charge is -2.09. The molecule has 2 nitrogen and oxygen atoms in total. The normalized spacial score (nSPS) is 11.4. The Morgan fingerprint density at radius 3 is 2.00 bits per heavy atom. The van der Waals surface area contributed by atoms with E-state index in [1.807, 2.05) is 30.5 Å². The lowest BCUT2D eigenvalue weighted by molar-refractivity contribution is 0.415. The Hall–Kier alpha value is -3.13. The minimum Gasteiger partial charge on any atom is -0.497 e. The molecule has 0 N–H and O–H groups in total. The van der Waals surface area contributed by atoms with Crippen LogP contribution in [0.5, 0.6) is 5.75 Å². The van der Waals surface area contributed by atoms with Gasteiger partial charge in [0.2, 0.25) is 0 Å². The number of methoxy groups -OCH3 is 1. The van der Waals surface area contributed by atoms with Gasteiger partial charge < -0.3 is 4.74 Å². The highest BCUT2D eigenvalue weighted by molar-refractivity contribution is 6.02. The van der Waals surface area contributed by atoms with E-state index in [-0.39, 0.29) is 0 Å². The maximum Gasteiger partial charge on any atom is 0.118 e. The minimum atomic E-state index is 0.661. The Morgan fingerprint density at radius 2 is 1.40 bits per heavy atom. The first-order valence-corrected chi connectivity index (χ1v) is 8.38. The van der Waals surface area contributed by atoms with Crippen LogP contribution in [0, 0.1) is 0 Å². The van der Waals surface area contributed by atoms with Gasteiger partial charge in [0.25, 0.3) is 0 Å². The summed E-state index contributed by atoms with van der Waals surface area (Å²) in [6, 6.07) is 27.2. The summed E-state index contributed by atoms with van der Waals surface area (Å²) in [4.78, 5) is 4.70. The van der Waals surface area contributed by atoms with Crippen LogP contribution in [0.3, 0.4) is 0 Å². The van der Waals surface area contributed by atoms with Crippen molar-refractivity contribution < 1.29 is 4.74 Å². The van der Waals surface area contributed by atoms with Gasteiger partial charge in [-0.1, -0.05) is 48.5 Å². The van der Waals surface area contributed by atoms with Crippen molar-refractivity contribution in [3.63, 3.8) is 0 Å². The first-order chi connectivity index (χ1) is 12.3. The van der Waals surface area contributed by atoms with E-state index in [4.69, 9.17) is 9.73 Å². The maximum absolute atomic E-state index is 5.19. The summed E-state index contributed by atoms with van der Waals surface area (Å²) in [6.07, 6.45) is 1.93. The average molecular weight is 325 g/mol. The summed E-state index contributed by atoms with van der Waals surface area (Å²) in [6.45, 7) is 0.661. The van der Waals surface area contributed by atoms with Crippen LogP contribution in [0.4, 0.5) is 0 Å². The first kappa shape index (κ1) is 15.4. The second-order valence-corrected chi connectivity index (χ2v) is 6.04. The molecule has 2 heteroatoms. The molecule has 0 fully saturated rings. The van der Waals surface area contributed by atoms with Crippen molar-refractivity contribution in [2.45, 2.75) is 6.54 Å². The van der Waals surface area contributed by atoms with Crippen LogP contribution in [-0.2, 0) is 6.54 Å². The van der Waals surface area contributed by atoms with E-state index in [0.29, 0.717) is 6.54 Å². The lowest BCUT2D eigenvalue weighted by atomic mass is 9.97. The molecule has 0 amide bonds. The van der Waals surface area contributed by atoms with E-state index >= 15 is 0 Å². The Labute approximate surface area is 147 Å². The SMILES string of the molecule is COc1ccc(C=NCc2c3ccccc3cc3ccccc23)cc1. The van der Waals surface area contributed by atoms with Crippen molar-refractivity contribution in [3.05, 3.63) is 90.0 Å². The number of fused-ring (bicyclic) bond motifs is 2. The predicted molar refractivity (Wildman–Crippen MR) is 106 cm³/mol. The summed E-state index contributed by atoms with van der Waals surface area (Å²) in [5.74, 6) is 0.859. The minimum absolute atomic E-state index is 0.661. The van der Waals surface area contributed by atoms with Gasteiger partial charge in [0.05, 0.1) is 13.7 Å². The second-order valence-electron chi connectivity index (χ2n) is 6.04. The molecule has 4 aromatic carbocycles. The molecule has 0 aliphatic heterocycles. The van der Waals surface area contributed by atoms with Crippen molar-refractivity contribution in [1.82, 2.24) is 0 Å². The van der Waals surface area contributed by atoms with Crippen LogP contribution in [0.1, 0.15) is 11.1 Å². The molecular formula is C23H19NO. The molecule has 0 saturated heterocycles. The van der Waals surface area contributed by atoms with Crippen LogP contribution < -0.4 is 4.74 Å². The zero-order valence-corrected chi connectivity index (χ0v) is 14.1. The number of benzene rings is 4. The maximum atomic E-state index is 5.19. The van der Waals surface area contributed by atoms with Crippen molar-refractivity contribution >= 4 is 27.8 Å². The van der Waals surface area contributed by atoms with E-state index < -0.39 is 0 Å². The second kappa shape index (κ2) is 6.78. The van der Waals surface area contributed by atoms with E-state index in [0.717, 1.165) is 11.3 Å². The van der Waals surface area contributed by atoms with Gasteiger partial charge in [-0.25, -0.2) is 0 Å². The molecule has 0 unspecified atom stereocenters. The van der Waals surface area contributed by atoms with Gasteiger partial charge in [-0.15, -0.1) is 0 Å². The number of rotatable bonds is 4. The fourth-order valence-electron chi connectivity index (χ4n) is 3.21. The largest absolute Gasteiger partial charge is 0.497 e. The van der Waals surface area contributed by atoms with Gasteiger partial charge in [0.1, 0.15) is 5.75 Å². The highest BCUT2D eigenvalue weighted by Gasteiger charge is 2.06. The van der Waals surface area contributed by atoms with Crippen LogP contribution >= 0.6 is 0 Å². The highest BCUT2D eigenvalue weighted by atomic mass is 16.5. The van der Waals surface area contributed by atoms with Gasteiger partial charge in [-0.3, -0.25) is 4.99 Å². The summed E-state index contributed by atoms with van der Waals surface area (Å²) in [7, 11) is 1.68. The van der Waals surface area contributed by atoms with E-state index in [1.54, 1.807) is 7.11 Å². The number of hydrogen-bond acceptors (Lipinski definition) is 2. The third kappa shape index (κ3) is 3.11. The quantitative estimate of drug-likeness (QED) is 0.352. The first-order valence-electron chi connectivity index (χ1n) is 8.38. The van der Waals surface area contributed by atoms with Gasteiger partial charge in [-0.2, -0.15) is 0 Å². The Kier molecular flexibility index (Phi) is 4.17. The fourth-order valence-corrected chi connectivity index (χ4v) is 3.21. The van der Waals surface area contributed by atoms with Crippen LogP contribution in [0.2, 0.25) is 0 Å². The van der Waals surface area contributed by atoms with E-state index in [2.05, 4.69) is 54.6 Å². The Bertz CT molecular complexity index is 995. The summed E-state index contributed by atoms with van der Waals surface area (Å²) >= 11 is 0. The molecule has 0 spiro atoms. The number of ether oxygens (including phenoxy) is 1. The summed E-state index contributed by atoms with van der Waals surface area (Å²) in [5.41, 5.74) is 2.35. The smallest absolute Gasteiger partial charge is 0.118 e. The number of aliphatic imine (C=N–C) groups is 1. The van der Waals surface area contributed by atoms with Gasteiger partial charge in [-0.05, 0) is 63.0 Å². The molecule has 0 bridgehead atoms. The van der Waals surface area contributed by atoms with Crippen molar-refractivity contribution in [1.29, 1.82) is 0 Å². The molecule has 25 heavy (non-hydrogen) atoms. The van der Waals surface area contributed by atoms with E-state index in [1.165, 1.54) is 27.1 Å². The standard InChI is InChI=1S/C23H19NO/c1-25-20-12-10-17(11-13-20)15-24-16-23-21-8-4-2-6-18(21)14-19-7-3-5-9-22(19)23/h2-15H,16H2,1H3. The molecular weight excluding hydrogens is 306 g/mol. The van der Waals surface area contributed by atoms with Crippen molar-refractivity contribution in [2.24, 2.45) is 4.99 Å². The zero-order valence-electron chi connectivity index (χ0n) is 14.1. The van der Waals surface area contributed by atoms with Gasteiger partial charge in [0.15, 0.2) is 0 Å². The van der Waals surface area contributed by atoms with Crippen LogP contribution in [0.25, 0.3) is 21.5 Å². The molecule has 0 aliphatic rings. The zero-order chi connectivity index (χ0) is 17.1. The third-order valence-electron chi connectivity index (χ3n) is 4.49. The molecule has 4 aromatic rings. The predicted octanol–water partition coefficient (Wildman–Crippen LogP) is 5.62. The topological polar surface area (TPSA) is 21.6 Å². The van der Waals surface area contributed by atoms with Crippen molar-refractivity contribution in [2.75, 3.05) is 7.11 Å². The summed E-state index contributed by atoms with van der Waals surface area (Å²) in [5, 5.41) is 5.06. The molecule has 0 heterocycles. The van der Waals surface area contributed by atoms with E-state index in [9.17, 15) is 0 Å². The van der Waals surface area contributed by atoms with Crippen LogP contribution in [0.15, 0.2) is 83.9 Å².